The summed E-state index contributed by atoms with van der Waals surface area (Å²) in [6.07, 6.45) is 0. The highest BCUT2D eigenvalue weighted by atomic mass is 32.1. The van der Waals surface area contributed by atoms with Gasteiger partial charge in [-0.15, -0.1) is 11.3 Å². The minimum absolute atomic E-state index is 0.209. The average Bonchev–Trinajstić information content (AvgIpc) is 2.74. The van der Waals surface area contributed by atoms with Gasteiger partial charge in [-0.25, -0.2) is 0 Å². The first-order valence-electron chi connectivity index (χ1n) is 6.17. The van der Waals surface area contributed by atoms with Crippen molar-refractivity contribution in [1.82, 2.24) is 9.80 Å². The van der Waals surface area contributed by atoms with Crippen LogP contribution in [0.5, 0.6) is 0 Å². The summed E-state index contributed by atoms with van der Waals surface area (Å²) >= 11 is 1.55. The number of hydrogen-bond acceptors (Lipinski definition) is 3. The van der Waals surface area contributed by atoms with Crippen LogP contribution < -0.4 is 0 Å². The number of amides is 1. The Kier molecular flexibility index (Phi) is 3.84. The van der Waals surface area contributed by atoms with Crippen molar-refractivity contribution < 1.29 is 4.79 Å². The first-order valence-corrected chi connectivity index (χ1v) is 7.05. The van der Waals surface area contributed by atoms with Gasteiger partial charge in [0.15, 0.2) is 0 Å². The number of carbonyl (C=O) groups excluding carboxylic acids is 1. The molecule has 0 aromatic carbocycles. The smallest absolute Gasteiger partial charge is 0.264 e. The van der Waals surface area contributed by atoms with E-state index in [0.29, 0.717) is 6.04 Å². The summed E-state index contributed by atoms with van der Waals surface area (Å²) in [5, 5.41) is 1.99. The first-order chi connectivity index (χ1) is 8.09. The maximum absolute atomic E-state index is 12.3. The number of thiophene rings is 1. The molecule has 1 aliphatic heterocycles. The number of rotatable bonds is 2. The molecule has 1 amide bonds. The molecule has 1 aliphatic rings. The van der Waals surface area contributed by atoms with Crippen LogP contribution >= 0.6 is 11.3 Å². The summed E-state index contributed by atoms with van der Waals surface area (Å²) in [6.45, 7) is 10.1. The zero-order chi connectivity index (χ0) is 12.4. The zero-order valence-electron chi connectivity index (χ0n) is 10.8. The van der Waals surface area contributed by atoms with Gasteiger partial charge in [-0.3, -0.25) is 9.69 Å². The fourth-order valence-electron chi connectivity index (χ4n) is 2.18. The Morgan fingerprint density at radius 2 is 1.94 bits per heavy atom. The van der Waals surface area contributed by atoms with Crippen molar-refractivity contribution in [3.8, 4) is 0 Å². The van der Waals surface area contributed by atoms with E-state index < -0.39 is 0 Å². The van der Waals surface area contributed by atoms with Crippen molar-refractivity contribution in [2.75, 3.05) is 26.2 Å². The molecule has 1 fully saturated rings. The molecule has 3 nitrogen and oxygen atoms in total. The van der Waals surface area contributed by atoms with E-state index >= 15 is 0 Å². The van der Waals surface area contributed by atoms with Crippen LogP contribution in [-0.2, 0) is 0 Å². The number of nitrogens with zero attached hydrogens (tertiary/aromatic N) is 2. The number of hydrogen-bond donors (Lipinski definition) is 0. The Hall–Kier alpha value is -0.870. The van der Waals surface area contributed by atoms with Crippen molar-refractivity contribution >= 4 is 17.2 Å². The van der Waals surface area contributed by atoms with E-state index in [9.17, 15) is 4.79 Å². The van der Waals surface area contributed by atoms with E-state index in [-0.39, 0.29) is 5.91 Å². The lowest BCUT2D eigenvalue weighted by molar-refractivity contribution is 0.0599. The molecule has 1 aromatic rings. The maximum Gasteiger partial charge on any atom is 0.264 e. The molecule has 94 valence electrons. The lowest BCUT2D eigenvalue weighted by Gasteiger charge is -2.36. The predicted molar refractivity (Wildman–Crippen MR) is 71.7 cm³/mol. The molecule has 2 rings (SSSR count). The maximum atomic E-state index is 12.3. The normalized spacial score (nSPS) is 17.8. The molecule has 1 saturated heterocycles. The van der Waals surface area contributed by atoms with Crippen LogP contribution in [0.25, 0.3) is 0 Å². The Balaban J connectivity index is 1.98. The van der Waals surface area contributed by atoms with Crippen LogP contribution in [0.2, 0.25) is 0 Å². The highest BCUT2D eigenvalue weighted by molar-refractivity contribution is 7.12. The largest absolute Gasteiger partial charge is 0.335 e. The van der Waals surface area contributed by atoms with Gasteiger partial charge < -0.3 is 4.90 Å². The van der Waals surface area contributed by atoms with E-state index in [1.807, 2.05) is 23.3 Å². The van der Waals surface area contributed by atoms with Gasteiger partial charge in [-0.2, -0.15) is 0 Å². The van der Waals surface area contributed by atoms with Gasteiger partial charge in [0.1, 0.15) is 0 Å². The minimum atomic E-state index is 0.209. The second kappa shape index (κ2) is 5.19. The molecule has 1 aromatic heterocycles. The SMILES string of the molecule is Cc1ccsc1C(=O)N1CCN(C(C)C)CC1. The highest BCUT2D eigenvalue weighted by Gasteiger charge is 2.24. The molecule has 0 saturated carbocycles. The topological polar surface area (TPSA) is 23.6 Å². The molecule has 4 heteroatoms. The third kappa shape index (κ3) is 2.69. The monoisotopic (exact) mass is 252 g/mol. The summed E-state index contributed by atoms with van der Waals surface area (Å²) in [6, 6.07) is 2.60. The van der Waals surface area contributed by atoms with Crippen molar-refractivity contribution in [3.05, 3.63) is 21.9 Å². The molecule has 2 heterocycles. The summed E-state index contributed by atoms with van der Waals surface area (Å²) in [5.41, 5.74) is 1.10. The lowest BCUT2D eigenvalue weighted by atomic mass is 10.2. The molecular formula is C13H20N2OS. The summed E-state index contributed by atoms with van der Waals surface area (Å²) in [7, 11) is 0. The van der Waals surface area contributed by atoms with Gasteiger partial charge in [0, 0.05) is 32.2 Å². The van der Waals surface area contributed by atoms with Gasteiger partial charge in [-0.1, -0.05) is 0 Å². The van der Waals surface area contributed by atoms with Crippen molar-refractivity contribution in [3.63, 3.8) is 0 Å². The Morgan fingerprint density at radius 3 is 2.41 bits per heavy atom. The number of aryl methyl sites for hydroxylation is 1. The second-order valence-corrected chi connectivity index (χ2v) is 5.77. The number of carbonyl (C=O) groups is 1. The summed E-state index contributed by atoms with van der Waals surface area (Å²) in [4.78, 5) is 17.6. The fourth-order valence-corrected chi connectivity index (χ4v) is 3.07. The summed E-state index contributed by atoms with van der Waals surface area (Å²) in [5.74, 6) is 0.209. The third-order valence-corrected chi connectivity index (χ3v) is 4.39. The fraction of sp³-hybridized carbons (Fsp3) is 0.615. The number of piperazine rings is 1. The molecule has 17 heavy (non-hydrogen) atoms. The molecule has 0 atom stereocenters. The molecule has 0 unspecified atom stereocenters. The first kappa shape index (κ1) is 12.6. The van der Waals surface area contributed by atoms with Crippen LogP contribution in [0.4, 0.5) is 0 Å². The van der Waals surface area contributed by atoms with E-state index in [1.165, 1.54) is 0 Å². The van der Waals surface area contributed by atoms with Gasteiger partial charge >= 0.3 is 0 Å². The average molecular weight is 252 g/mol. The van der Waals surface area contributed by atoms with Crippen LogP contribution in [0.15, 0.2) is 11.4 Å². The minimum Gasteiger partial charge on any atom is -0.335 e. The van der Waals surface area contributed by atoms with E-state index in [4.69, 9.17) is 0 Å². The quantitative estimate of drug-likeness (QED) is 0.806. The van der Waals surface area contributed by atoms with Crippen LogP contribution in [0.1, 0.15) is 29.1 Å². The van der Waals surface area contributed by atoms with Crippen molar-refractivity contribution in [2.24, 2.45) is 0 Å². The van der Waals surface area contributed by atoms with Crippen molar-refractivity contribution in [2.45, 2.75) is 26.8 Å². The molecule has 0 spiro atoms. The van der Waals surface area contributed by atoms with Crippen LogP contribution in [0, 0.1) is 6.92 Å². The van der Waals surface area contributed by atoms with E-state index in [1.54, 1.807) is 11.3 Å². The highest BCUT2D eigenvalue weighted by Crippen LogP contribution is 2.19. The van der Waals surface area contributed by atoms with Crippen LogP contribution in [0.3, 0.4) is 0 Å². The van der Waals surface area contributed by atoms with Gasteiger partial charge in [-0.05, 0) is 37.8 Å². The van der Waals surface area contributed by atoms with Gasteiger partial charge in [0.25, 0.3) is 5.91 Å². The van der Waals surface area contributed by atoms with Crippen molar-refractivity contribution in [1.29, 1.82) is 0 Å². The van der Waals surface area contributed by atoms with Gasteiger partial charge in [0.05, 0.1) is 4.88 Å². The Labute approximate surface area is 107 Å². The standard InChI is InChI=1S/C13H20N2OS/c1-10(2)14-5-7-15(8-6-14)13(16)12-11(3)4-9-17-12/h4,9-10H,5-8H2,1-3H3. The second-order valence-electron chi connectivity index (χ2n) is 4.85. The predicted octanol–water partition coefficient (Wildman–Crippen LogP) is 2.22. The molecule has 0 N–H and O–H groups in total. The van der Waals surface area contributed by atoms with E-state index in [2.05, 4.69) is 18.7 Å². The molecular weight excluding hydrogens is 232 g/mol. The van der Waals surface area contributed by atoms with Crippen LogP contribution in [-0.4, -0.2) is 47.9 Å². The molecule has 0 aliphatic carbocycles. The van der Waals surface area contributed by atoms with E-state index in [0.717, 1.165) is 36.6 Å². The Bertz CT molecular complexity index is 392. The summed E-state index contributed by atoms with van der Waals surface area (Å²) < 4.78 is 0. The lowest BCUT2D eigenvalue weighted by Crippen LogP contribution is -2.50. The molecule has 0 radical (unpaired) electrons. The third-order valence-electron chi connectivity index (χ3n) is 3.39. The van der Waals surface area contributed by atoms with Gasteiger partial charge in [0.2, 0.25) is 0 Å². The Morgan fingerprint density at radius 1 is 1.29 bits per heavy atom. The molecule has 0 bridgehead atoms. The zero-order valence-corrected chi connectivity index (χ0v) is 11.6.